The minimum atomic E-state index is -0.678. The molecule has 0 aliphatic carbocycles. The van der Waals surface area contributed by atoms with Crippen molar-refractivity contribution in [3.8, 4) is 0 Å². The number of aryl methyl sites for hydroxylation is 1. The number of carbonyl (C=O) groups is 1. The standard InChI is InChI=1S/C17H27N5O2/c1-4-14-11(2)15(20-16(18)19-14)22-8-6-17(24)5-7-21(12(3)23)9-13(17)10-22/h13,24H,4-10H2,1-3H3,(H2,18,19,20)/t13-,17-/m0/s1. The first-order valence-electron chi connectivity index (χ1n) is 8.70. The van der Waals surface area contributed by atoms with Gasteiger partial charge in [0.25, 0.3) is 0 Å². The van der Waals surface area contributed by atoms with Gasteiger partial charge in [-0.1, -0.05) is 6.92 Å². The van der Waals surface area contributed by atoms with E-state index >= 15 is 0 Å². The summed E-state index contributed by atoms with van der Waals surface area (Å²) < 4.78 is 0. The van der Waals surface area contributed by atoms with Crippen molar-refractivity contribution in [3.05, 3.63) is 11.3 Å². The van der Waals surface area contributed by atoms with Gasteiger partial charge in [-0.25, -0.2) is 4.98 Å². The van der Waals surface area contributed by atoms with Crippen molar-refractivity contribution in [2.75, 3.05) is 36.8 Å². The number of likely N-dealkylation sites (tertiary alicyclic amines) is 1. The predicted octanol–water partition coefficient (Wildman–Crippen LogP) is 0.739. The lowest BCUT2D eigenvalue weighted by molar-refractivity contribution is -0.139. The van der Waals surface area contributed by atoms with Crippen molar-refractivity contribution in [1.82, 2.24) is 14.9 Å². The van der Waals surface area contributed by atoms with Crippen molar-refractivity contribution >= 4 is 17.7 Å². The van der Waals surface area contributed by atoms with Crippen LogP contribution in [0.15, 0.2) is 0 Å². The highest BCUT2D eigenvalue weighted by atomic mass is 16.3. The lowest BCUT2D eigenvalue weighted by atomic mass is 9.75. The first kappa shape index (κ1) is 17.0. The van der Waals surface area contributed by atoms with Crippen molar-refractivity contribution < 1.29 is 9.90 Å². The average Bonchev–Trinajstić information content (AvgIpc) is 2.55. The van der Waals surface area contributed by atoms with E-state index in [1.165, 1.54) is 0 Å². The fourth-order valence-corrected chi connectivity index (χ4v) is 4.00. The molecule has 2 aliphatic heterocycles. The zero-order valence-corrected chi connectivity index (χ0v) is 14.7. The Morgan fingerprint density at radius 2 is 2.04 bits per heavy atom. The molecule has 7 heteroatoms. The second kappa shape index (κ2) is 6.20. The van der Waals surface area contributed by atoms with Gasteiger partial charge in [-0.2, -0.15) is 4.98 Å². The van der Waals surface area contributed by atoms with Crippen LogP contribution in [0.3, 0.4) is 0 Å². The van der Waals surface area contributed by atoms with E-state index in [4.69, 9.17) is 5.73 Å². The van der Waals surface area contributed by atoms with Crippen LogP contribution in [0.2, 0.25) is 0 Å². The van der Waals surface area contributed by atoms with Crippen LogP contribution in [0.5, 0.6) is 0 Å². The third kappa shape index (κ3) is 2.92. The van der Waals surface area contributed by atoms with Crippen molar-refractivity contribution in [2.45, 2.75) is 45.6 Å². The molecule has 0 spiro atoms. The Hall–Kier alpha value is -1.89. The largest absolute Gasteiger partial charge is 0.389 e. The van der Waals surface area contributed by atoms with Crippen LogP contribution in [0.25, 0.3) is 0 Å². The van der Waals surface area contributed by atoms with Gasteiger partial charge in [-0.05, 0) is 26.2 Å². The van der Waals surface area contributed by atoms with E-state index < -0.39 is 5.60 Å². The number of rotatable bonds is 2. The molecular formula is C17H27N5O2. The second-order valence-electron chi connectivity index (χ2n) is 7.04. The zero-order valence-electron chi connectivity index (χ0n) is 14.7. The van der Waals surface area contributed by atoms with Gasteiger partial charge in [0.2, 0.25) is 11.9 Å². The number of amides is 1. The summed E-state index contributed by atoms with van der Waals surface area (Å²) in [4.78, 5) is 24.5. The fraction of sp³-hybridized carbons (Fsp3) is 0.706. The molecule has 1 amide bonds. The Balaban J connectivity index is 1.85. The lowest BCUT2D eigenvalue weighted by Gasteiger charge is -2.50. The second-order valence-corrected chi connectivity index (χ2v) is 7.04. The molecular weight excluding hydrogens is 306 g/mol. The monoisotopic (exact) mass is 333 g/mol. The van der Waals surface area contributed by atoms with Crippen molar-refractivity contribution in [2.24, 2.45) is 5.92 Å². The molecule has 2 atom stereocenters. The van der Waals surface area contributed by atoms with Gasteiger partial charge in [0.05, 0.1) is 11.3 Å². The average molecular weight is 333 g/mol. The lowest BCUT2D eigenvalue weighted by Crippen LogP contribution is -2.60. The Morgan fingerprint density at radius 3 is 2.71 bits per heavy atom. The maximum absolute atomic E-state index is 11.7. The molecule has 0 radical (unpaired) electrons. The van der Waals surface area contributed by atoms with Gasteiger partial charge in [0.15, 0.2) is 0 Å². The third-order valence-corrected chi connectivity index (χ3v) is 5.59. The van der Waals surface area contributed by atoms with E-state index in [0.717, 1.165) is 30.0 Å². The van der Waals surface area contributed by atoms with Crippen LogP contribution in [-0.2, 0) is 11.2 Å². The van der Waals surface area contributed by atoms with E-state index in [0.29, 0.717) is 38.4 Å². The normalized spacial score (nSPS) is 27.1. The number of aromatic nitrogens is 2. The number of carbonyl (C=O) groups excluding carboxylic acids is 1. The van der Waals surface area contributed by atoms with Crippen LogP contribution in [-0.4, -0.2) is 57.7 Å². The number of nitrogen functional groups attached to an aromatic ring is 1. The molecule has 7 nitrogen and oxygen atoms in total. The van der Waals surface area contributed by atoms with Gasteiger partial charge >= 0.3 is 0 Å². The molecule has 2 saturated heterocycles. The number of hydrogen-bond acceptors (Lipinski definition) is 6. The number of aliphatic hydroxyl groups is 1. The minimum absolute atomic E-state index is 0.0320. The number of fused-ring (bicyclic) bond motifs is 1. The molecule has 1 aromatic heterocycles. The maximum atomic E-state index is 11.7. The van der Waals surface area contributed by atoms with Crippen LogP contribution < -0.4 is 10.6 Å². The fourth-order valence-electron chi connectivity index (χ4n) is 4.00. The van der Waals surface area contributed by atoms with Crippen LogP contribution in [0.4, 0.5) is 11.8 Å². The third-order valence-electron chi connectivity index (χ3n) is 5.59. The molecule has 3 heterocycles. The summed E-state index contributed by atoms with van der Waals surface area (Å²) in [5.41, 5.74) is 7.22. The van der Waals surface area contributed by atoms with Crippen LogP contribution in [0.1, 0.15) is 37.9 Å². The van der Waals surface area contributed by atoms with Gasteiger partial charge in [0, 0.05) is 44.6 Å². The number of nitrogens with two attached hydrogens (primary N) is 1. The summed E-state index contributed by atoms with van der Waals surface area (Å²) in [6.45, 7) is 8.34. The van der Waals surface area contributed by atoms with E-state index in [9.17, 15) is 9.90 Å². The molecule has 24 heavy (non-hydrogen) atoms. The highest BCUT2D eigenvalue weighted by Crippen LogP contribution is 2.37. The first-order valence-corrected chi connectivity index (χ1v) is 8.70. The van der Waals surface area contributed by atoms with Gasteiger partial charge < -0.3 is 20.6 Å². The Bertz CT molecular complexity index is 650. The topological polar surface area (TPSA) is 95.6 Å². The number of hydrogen-bond donors (Lipinski definition) is 2. The van der Waals surface area contributed by atoms with Crippen molar-refractivity contribution in [1.29, 1.82) is 0 Å². The predicted molar refractivity (Wildman–Crippen MR) is 92.7 cm³/mol. The highest BCUT2D eigenvalue weighted by molar-refractivity contribution is 5.73. The summed E-state index contributed by atoms with van der Waals surface area (Å²) in [5, 5.41) is 11.0. The number of piperidine rings is 2. The van der Waals surface area contributed by atoms with E-state index in [2.05, 4.69) is 21.8 Å². The minimum Gasteiger partial charge on any atom is -0.389 e. The van der Waals surface area contributed by atoms with Crippen LogP contribution >= 0.6 is 0 Å². The van der Waals surface area contributed by atoms with Crippen LogP contribution in [0, 0.1) is 12.8 Å². The van der Waals surface area contributed by atoms with Gasteiger partial charge in [0.1, 0.15) is 5.82 Å². The molecule has 132 valence electrons. The van der Waals surface area contributed by atoms with Gasteiger partial charge in [-0.15, -0.1) is 0 Å². The van der Waals surface area contributed by atoms with E-state index in [1.807, 2.05) is 11.8 Å². The molecule has 0 aromatic carbocycles. The molecule has 3 rings (SSSR count). The Morgan fingerprint density at radius 1 is 1.33 bits per heavy atom. The number of anilines is 2. The summed E-state index contributed by atoms with van der Waals surface area (Å²) in [5.74, 6) is 1.26. The Kier molecular flexibility index (Phi) is 4.38. The van der Waals surface area contributed by atoms with E-state index in [1.54, 1.807) is 6.92 Å². The number of nitrogens with zero attached hydrogens (tertiary/aromatic N) is 4. The smallest absolute Gasteiger partial charge is 0.222 e. The Labute approximate surface area is 142 Å². The zero-order chi connectivity index (χ0) is 17.5. The molecule has 0 unspecified atom stereocenters. The summed E-state index contributed by atoms with van der Waals surface area (Å²) >= 11 is 0. The maximum Gasteiger partial charge on any atom is 0.222 e. The van der Waals surface area contributed by atoms with Gasteiger partial charge in [-0.3, -0.25) is 4.79 Å². The first-order chi connectivity index (χ1) is 11.3. The molecule has 0 bridgehead atoms. The summed E-state index contributed by atoms with van der Waals surface area (Å²) in [6, 6.07) is 0. The SMILES string of the molecule is CCc1nc(N)nc(N2CC[C@@]3(O)CCN(C(C)=O)C[C@H]3C2)c1C. The molecule has 2 fully saturated rings. The summed E-state index contributed by atoms with van der Waals surface area (Å²) in [6.07, 6.45) is 2.15. The summed E-state index contributed by atoms with van der Waals surface area (Å²) in [7, 11) is 0. The van der Waals surface area contributed by atoms with Crippen molar-refractivity contribution in [3.63, 3.8) is 0 Å². The quantitative estimate of drug-likeness (QED) is 0.829. The molecule has 0 saturated carbocycles. The van der Waals surface area contributed by atoms with E-state index in [-0.39, 0.29) is 11.8 Å². The molecule has 2 aliphatic rings. The molecule has 3 N–H and O–H groups in total. The molecule has 1 aromatic rings. The highest BCUT2D eigenvalue weighted by Gasteiger charge is 2.46.